The highest BCUT2D eigenvalue weighted by atomic mass is 16.6. The fourth-order valence-electron chi connectivity index (χ4n) is 9.55. The lowest BCUT2D eigenvalue weighted by atomic mass is 9.53. The lowest BCUT2D eigenvalue weighted by Crippen LogP contribution is -2.51. The molecule has 0 saturated heterocycles. The highest BCUT2D eigenvalue weighted by Crippen LogP contribution is 2.55. The third-order valence-corrected chi connectivity index (χ3v) is 12.2. The Bertz CT molecular complexity index is 1290. The highest BCUT2D eigenvalue weighted by Gasteiger charge is 2.51. The largest absolute Gasteiger partial charge is 0.459 e. The Morgan fingerprint density at radius 2 is 1.34 bits per heavy atom. The Morgan fingerprint density at radius 3 is 1.96 bits per heavy atom. The van der Waals surface area contributed by atoms with E-state index in [0.29, 0.717) is 46.2 Å². The maximum absolute atomic E-state index is 13.5. The first-order chi connectivity index (χ1) is 22.6. The van der Waals surface area contributed by atoms with E-state index in [1.807, 2.05) is 0 Å². The smallest absolute Gasteiger partial charge is 0.338 e. The molecule has 0 aliphatic heterocycles. The first kappa shape index (κ1) is 35.3. The van der Waals surface area contributed by atoms with Gasteiger partial charge in [0.05, 0.1) is 11.1 Å². The number of nitrogens with two attached hydrogens (primary N) is 2. The van der Waals surface area contributed by atoms with E-state index >= 15 is 0 Å². The van der Waals surface area contributed by atoms with Gasteiger partial charge in [0.1, 0.15) is 12.2 Å². The minimum absolute atomic E-state index is 0.179. The Hall–Kier alpha value is -3.02. The number of anilines is 2. The van der Waals surface area contributed by atoms with Crippen molar-refractivity contribution in [3.05, 3.63) is 59.7 Å². The molecule has 2 aromatic rings. The Balaban J connectivity index is 1.29. The van der Waals surface area contributed by atoms with Crippen molar-refractivity contribution in [3.63, 3.8) is 0 Å². The molecule has 0 heterocycles. The van der Waals surface area contributed by atoms with Crippen LogP contribution in [0, 0.1) is 47.3 Å². The third kappa shape index (κ3) is 9.12. The fourth-order valence-corrected chi connectivity index (χ4v) is 9.55. The fraction of sp³-hybridized carbons (Fsp3) is 0.659. The second kappa shape index (κ2) is 16.4. The first-order valence-electron chi connectivity index (χ1n) is 18.8. The quantitative estimate of drug-likeness (QED) is 0.166. The average Bonchev–Trinajstić information content (AvgIpc) is 3.05. The Morgan fingerprint density at radius 1 is 0.723 bits per heavy atom. The van der Waals surface area contributed by atoms with E-state index in [0.717, 1.165) is 43.4 Å². The molecule has 3 aliphatic rings. The number of ether oxygens (including phenoxy) is 2. The number of benzene rings is 2. The van der Waals surface area contributed by atoms with Crippen LogP contribution in [0.5, 0.6) is 0 Å². The van der Waals surface area contributed by atoms with E-state index in [1.165, 1.54) is 57.8 Å². The molecule has 5 rings (SSSR count). The van der Waals surface area contributed by atoms with Crippen LogP contribution in [0.4, 0.5) is 11.4 Å². The molecular formula is C41H60N2O4. The zero-order valence-electron chi connectivity index (χ0n) is 29.4. The molecule has 9 unspecified atom stereocenters. The molecule has 0 spiro atoms. The molecule has 6 nitrogen and oxygen atoms in total. The van der Waals surface area contributed by atoms with Crippen LogP contribution in [-0.4, -0.2) is 24.1 Å². The van der Waals surface area contributed by atoms with Gasteiger partial charge in [-0.25, -0.2) is 9.59 Å². The maximum Gasteiger partial charge on any atom is 0.338 e. The summed E-state index contributed by atoms with van der Waals surface area (Å²) in [6, 6.07) is 14.0. The van der Waals surface area contributed by atoms with Crippen molar-refractivity contribution in [2.75, 3.05) is 11.5 Å². The minimum Gasteiger partial charge on any atom is -0.459 e. The summed E-state index contributed by atoms with van der Waals surface area (Å²) in [6.07, 6.45) is 14.9. The van der Waals surface area contributed by atoms with Gasteiger partial charge in [0.25, 0.3) is 0 Å². The molecule has 47 heavy (non-hydrogen) atoms. The molecule has 4 N–H and O–H groups in total. The molecule has 0 amide bonds. The zero-order valence-corrected chi connectivity index (χ0v) is 29.4. The summed E-state index contributed by atoms with van der Waals surface area (Å²) in [7, 11) is 0. The number of hydrogen-bond acceptors (Lipinski definition) is 6. The van der Waals surface area contributed by atoms with Crippen LogP contribution < -0.4 is 11.5 Å². The van der Waals surface area contributed by atoms with E-state index in [2.05, 4.69) is 27.7 Å². The molecule has 0 radical (unpaired) electrons. The number of fused-ring (bicyclic) bond motifs is 3. The van der Waals surface area contributed by atoms with Crippen molar-refractivity contribution in [1.82, 2.24) is 0 Å². The van der Waals surface area contributed by atoms with Gasteiger partial charge in [-0.2, -0.15) is 0 Å². The molecule has 258 valence electrons. The summed E-state index contributed by atoms with van der Waals surface area (Å²) >= 11 is 0. The van der Waals surface area contributed by atoms with Gasteiger partial charge in [0, 0.05) is 17.3 Å². The molecule has 0 bridgehead atoms. The topological polar surface area (TPSA) is 105 Å². The van der Waals surface area contributed by atoms with Crippen LogP contribution in [0.1, 0.15) is 132 Å². The summed E-state index contributed by atoms with van der Waals surface area (Å²) in [5.74, 6) is 4.35. The summed E-state index contributed by atoms with van der Waals surface area (Å²) in [5.41, 5.74) is 14.0. The van der Waals surface area contributed by atoms with Gasteiger partial charge in [-0.1, -0.05) is 66.2 Å². The number of nitrogen functional groups attached to an aromatic ring is 2. The zero-order chi connectivity index (χ0) is 33.5. The lowest BCUT2D eigenvalue weighted by Gasteiger charge is -2.54. The monoisotopic (exact) mass is 644 g/mol. The third-order valence-electron chi connectivity index (χ3n) is 12.2. The van der Waals surface area contributed by atoms with E-state index in [1.54, 1.807) is 48.5 Å². The lowest BCUT2D eigenvalue weighted by molar-refractivity contribution is -0.111. The first-order valence-corrected chi connectivity index (χ1v) is 18.8. The molecule has 0 aromatic heterocycles. The van der Waals surface area contributed by atoms with Gasteiger partial charge in [-0.3, -0.25) is 0 Å². The molecular weight excluding hydrogens is 584 g/mol. The summed E-state index contributed by atoms with van der Waals surface area (Å²) in [4.78, 5) is 26.6. The molecule has 9 atom stereocenters. The van der Waals surface area contributed by atoms with Gasteiger partial charge in [-0.15, -0.1) is 0 Å². The minimum atomic E-state index is -0.306. The summed E-state index contributed by atoms with van der Waals surface area (Å²) in [5, 5.41) is 0. The van der Waals surface area contributed by atoms with E-state index in [4.69, 9.17) is 20.9 Å². The molecule has 3 saturated carbocycles. The van der Waals surface area contributed by atoms with Crippen LogP contribution in [-0.2, 0) is 9.47 Å². The number of hydrogen-bond donors (Lipinski definition) is 2. The Kier molecular flexibility index (Phi) is 12.3. The van der Waals surface area contributed by atoms with Crippen molar-refractivity contribution in [1.29, 1.82) is 0 Å². The second-order valence-corrected chi connectivity index (χ2v) is 15.7. The standard InChI is InChI=1S/C41H60N2O4/c1-5-28(27(4)9-6-8-26(2)3)12-13-29-10-7-11-35-36-23-22-34(46-40(44)30-14-18-32(42)19-15-30)24-38(36)39(25-37(29)35)47-41(45)31-16-20-33(43)21-17-31/h14-21,26-29,34-39H,5-13,22-25,42-43H2,1-4H3. The summed E-state index contributed by atoms with van der Waals surface area (Å²) < 4.78 is 12.5. The second-order valence-electron chi connectivity index (χ2n) is 15.7. The molecule has 2 aromatic carbocycles. The Labute approximate surface area is 283 Å². The van der Waals surface area contributed by atoms with E-state index in [9.17, 15) is 9.59 Å². The molecule has 6 heteroatoms. The molecule has 3 fully saturated rings. The number of esters is 2. The van der Waals surface area contributed by atoms with E-state index < -0.39 is 0 Å². The highest BCUT2D eigenvalue weighted by molar-refractivity contribution is 5.90. The molecule has 3 aliphatic carbocycles. The van der Waals surface area contributed by atoms with E-state index in [-0.39, 0.29) is 30.1 Å². The van der Waals surface area contributed by atoms with Crippen LogP contribution in [0.3, 0.4) is 0 Å². The maximum atomic E-state index is 13.5. The van der Waals surface area contributed by atoms with Crippen molar-refractivity contribution in [2.45, 2.75) is 123 Å². The van der Waals surface area contributed by atoms with Crippen molar-refractivity contribution in [2.24, 2.45) is 47.3 Å². The van der Waals surface area contributed by atoms with Crippen LogP contribution in [0.15, 0.2) is 48.5 Å². The van der Waals surface area contributed by atoms with Gasteiger partial charge in [0.2, 0.25) is 0 Å². The SMILES string of the molecule is CCC(CCC1CCCC2C1CC(OC(=O)c1ccc(N)cc1)C1CC(OC(=O)c3ccc(N)cc3)CCC12)C(C)CCCC(C)C. The normalized spacial score (nSPS) is 28.5. The number of carbonyl (C=O) groups is 2. The van der Waals surface area contributed by atoms with Crippen molar-refractivity contribution >= 4 is 23.3 Å². The van der Waals surface area contributed by atoms with Gasteiger partial charge in [-0.05, 0) is 135 Å². The summed E-state index contributed by atoms with van der Waals surface area (Å²) in [6.45, 7) is 9.52. The van der Waals surface area contributed by atoms with Gasteiger partial charge < -0.3 is 20.9 Å². The van der Waals surface area contributed by atoms with Crippen LogP contribution in [0.25, 0.3) is 0 Å². The van der Waals surface area contributed by atoms with Crippen LogP contribution >= 0.6 is 0 Å². The van der Waals surface area contributed by atoms with Crippen molar-refractivity contribution in [3.8, 4) is 0 Å². The average molecular weight is 645 g/mol. The predicted molar refractivity (Wildman–Crippen MR) is 191 cm³/mol. The number of carbonyl (C=O) groups excluding carboxylic acids is 2. The number of rotatable bonds is 13. The van der Waals surface area contributed by atoms with Crippen molar-refractivity contribution < 1.29 is 19.1 Å². The van der Waals surface area contributed by atoms with Gasteiger partial charge >= 0.3 is 11.9 Å². The van der Waals surface area contributed by atoms with Gasteiger partial charge in [0.15, 0.2) is 0 Å². The van der Waals surface area contributed by atoms with Crippen LogP contribution in [0.2, 0.25) is 0 Å². The predicted octanol–water partition coefficient (Wildman–Crippen LogP) is 9.72.